The highest BCUT2D eigenvalue weighted by Crippen LogP contribution is 2.63. The molecule has 0 aromatic heterocycles. The number of hydrogen-bond donors (Lipinski definition) is 0. The van der Waals surface area contributed by atoms with Crippen LogP contribution in [-0.2, 0) is 0 Å². The molecule has 2 atom stereocenters. The molecule has 4 heteroatoms. The lowest BCUT2D eigenvalue weighted by Gasteiger charge is -2.34. The summed E-state index contributed by atoms with van der Waals surface area (Å²) in [7, 11) is 0. The number of rotatable bonds is 2. The molecule has 4 nitrogen and oxygen atoms in total. The molecule has 0 spiro atoms. The van der Waals surface area contributed by atoms with Crippen LogP contribution in [-0.4, -0.2) is 18.7 Å². The van der Waals surface area contributed by atoms with Gasteiger partial charge < -0.3 is 9.47 Å². The predicted molar refractivity (Wildman–Crippen MR) is 86.8 cm³/mol. The number of fused-ring (bicyclic) bond motifs is 3. The summed E-state index contributed by atoms with van der Waals surface area (Å²) in [6.07, 6.45) is 5.47. The topological polar surface area (TPSA) is 43.2 Å². The van der Waals surface area contributed by atoms with Crippen molar-refractivity contribution in [2.75, 3.05) is 6.79 Å². The SMILES string of the molecule is CC1(C)[C@H]2CC[C@@]1(C)/C(=N/N=C\c1ccc3c(c1)OCO3)C2. The molecule has 0 radical (unpaired) electrons. The first-order valence-electron chi connectivity index (χ1n) is 8.01. The van der Waals surface area contributed by atoms with Gasteiger partial charge in [-0.2, -0.15) is 10.2 Å². The van der Waals surface area contributed by atoms with Crippen molar-refractivity contribution in [1.29, 1.82) is 0 Å². The first-order chi connectivity index (χ1) is 10.5. The Labute approximate surface area is 131 Å². The Kier molecular flexibility index (Phi) is 2.87. The third-order valence-corrected chi connectivity index (χ3v) is 6.29. The van der Waals surface area contributed by atoms with Gasteiger partial charge in [0.05, 0.1) is 6.21 Å². The van der Waals surface area contributed by atoms with Gasteiger partial charge in [0.1, 0.15) is 0 Å². The van der Waals surface area contributed by atoms with E-state index in [0.717, 1.165) is 29.4 Å². The first kappa shape index (κ1) is 13.8. The quantitative estimate of drug-likeness (QED) is 0.611. The summed E-state index contributed by atoms with van der Waals surface area (Å²) >= 11 is 0. The Bertz CT molecular complexity index is 678. The molecule has 0 unspecified atom stereocenters. The van der Waals surface area contributed by atoms with Crippen molar-refractivity contribution in [2.24, 2.45) is 27.0 Å². The zero-order chi connectivity index (χ0) is 15.4. The van der Waals surface area contributed by atoms with Crippen LogP contribution in [0.2, 0.25) is 0 Å². The number of benzene rings is 1. The van der Waals surface area contributed by atoms with Crippen molar-refractivity contribution in [1.82, 2.24) is 0 Å². The maximum Gasteiger partial charge on any atom is 0.231 e. The fourth-order valence-electron chi connectivity index (χ4n) is 4.24. The Morgan fingerprint density at radius 3 is 2.73 bits per heavy atom. The molecule has 2 bridgehead atoms. The van der Waals surface area contributed by atoms with Crippen LogP contribution in [0.25, 0.3) is 0 Å². The van der Waals surface area contributed by atoms with Gasteiger partial charge in [-0.25, -0.2) is 0 Å². The molecule has 4 rings (SSSR count). The Morgan fingerprint density at radius 2 is 2.00 bits per heavy atom. The van der Waals surface area contributed by atoms with Gasteiger partial charge >= 0.3 is 0 Å². The molecule has 0 N–H and O–H groups in total. The summed E-state index contributed by atoms with van der Waals surface area (Å²) in [6, 6.07) is 5.83. The zero-order valence-electron chi connectivity index (χ0n) is 13.4. The summed E-state index contributed by atoms with van der Waals surface area (Å²) in [5.41, 5.74) is 2.82. The minimum atomic E-state index is 0.212. The van der Waals surface area contributed by atoms with Crippen LogP contribution in [0.3, 0.4) is 0 Å². The summed E-state index contributed by atoms with van der Waals surface area (Å²) in [4.78, 5) is 0. The molecule has 1 aromatic rings. The molecule has 116 valence electrons. The Morgan fingerprint density at radius 1 is 1.18 bits per heavy atom. The molecule has 22 heavy (non-hydrogen) atoms. The van der Waals surface area contributed by atoms with Crippen molar-refractivity contribution in [2.45, 2.75) is 40.0 Å². The summed E-state index contributed by atoms with van der Waals surface area (Å²) < 4.78 is 10.7. The lowest BCUT2D eigenvalue weighted by atomic mass is 9.70. The smallest absolute Gasteiger partial charge is 0.231 e. The zero-order valence-corrected chi connectivity index (χ0v) is 13.4. The van der Waals surface area contributed by atoms with Gasteiger partial charge in [0.2, 0.25) is 6.79 Å². The van der Waals surface area contributed by atoms with Gasteiger partial charge in [-0.1, -0.05) is 20.8 Å². The number of ether oxygens (including phenoxy) is 2. The highest BCUT2D eigenvalue weighted by Gasteiger charge is 2.59. The molecule has 1 aromatic carbocycles. The monoisotopic (exact) mass is 298 g/mol. The Balaban J connectivity index is 1.55. The van der Waals surface area contributed by atoms with Gasteiger partial charge in [-0.05, 0) is 54.4 Å². The minimum absolute atomic E-state index is 0.212. The van der Waals surface area contributed by atoms with E-state index in [9.17, 15) is 0 Å². The van der Waals surface area contributed by atoms with Gasteiger partial charge in [0.15, 0.2) is 11.5 Å². The molecule has 2 saturated carbocycles. The van der Waals surface area contributed by atoms with Crippen molar-refractivity contribution in [3.8, 4) is 11.5 Å². The second-order valence-corrected chi connectivity index (χ2v) is 7.40. The van der Waals surface area contributed by atoms with E-state index in [4.69, 9.17) is 9.47 Å². The molecular weight excluding hydrogens is 276 g/mol. The molecule has 2 aliphatic carbocycles. The molecular formula is C18H22N2O2. The van der Waals surface area contributed by atoms with Crippen LogP contribution in [0.1, 0.15) is 45.6 Å². The number of hydrogen-bond acceptors (Lipinski definition) is 4. The van der Waals surface area contributed by atoms with Gasteiger partial charge in [0.25, 0.3) is 0 Å². The van der Waals surface area contributed by atoms with E-state index in [1.54, 1.807) is 6.21 Å². The maximum absolute atomic E-state index is 5.38. The normalized spacial score (nSPS) is 33.2. The molecule has 2 fully saturated rings. The lowest BCUT2D eigenvalue weighted by Crippen LogP contribution is -2.32. The van der Waals surface area contributed by atoms with Crippen LogP contribution in [0, 0.1) is 16.7 Å². The van der Waals surface area contributed by atoms with Crippen LogP contribution in [0.4, 0.5) is 0 Å². The standard InChI is InChI=1S/C18H22N2O2/c1-17(2)13-6-7-18(17,3)16(9-13)20-19-10-12-4-5-14-15(8-12)22-11-21-14/h4-5,8,10,13H,6-7,9,11H2,1-3H3/b19-10-,20-16+/t13-,18-/m0/s1. The number of nitrogens with zero attached hydrogens (tertiary/aromatic N) is 2. The largest absolute Gasteiger partial charge is 0.454 e. The second-order valence-electron chi connectivity index (χ2n) is 7.40. The minimum Gasteiger partial charge on any atom is -0.454 e. The molecule has 1 heterocycles. The van der Waals surface area contributed by atoms with Crippen molar-refractivity contribution in [3.63, 3.8) is 0 Å². The molecule has 3 aliphatic rings. The lowest BCUT2D eigenvalue weighted by molar-refractivity contribution is 0.174. The van der Waals surface area contributed by atoms with Crippen molar-refractivity contribution in [3.05, 3.63) is 23.8 Å². The first-order valence-corrected chi connectivity index (χ1v) is 8.01. The van der Waals surface area contributed by atoms with E-state index in [2.05, 4.69) is 31.0 Å². The third kappa shape index (κ3) is 1.82. The average molecular weight is 298 g/mol. The van der Waals surface area contributed by atoms with Crippen LogP contribution in [0.15, 0.2) is 28.4 Å². The molecule has 1 aliphatic heterocycles. The van der Waals surface area contributed by atoms with Crippen molar-refractivity contribution < 1.29 is 9.47 Å². The highest BCUT2D eigenvalue weighted by atomic mass is 16.7. The van der Waals surface area contributed by atoms with E-state index in [1.165, 1.54) is 18.6 Å². The van der Waals surface area contributed by atoms with Crippen LogP contribution in [0.5, 0.6) is 11.5 Å². The fourth-order valence-corrected chi connectivity index (χ4v) is 4.24. The summed E-state index contributed by atoms with van der Waals surface area (Å²) in [6.45, 7) is 7.42. The van der Waals surface area contributed by atoms with E-state index >= 15 is 0 Å². The average Bonchev–Trinajstić information content (AvgIpc) is 3.09. The highest BCUT2D eigenvalue weighted by molar-refractivity contribution is 5.94. The molecule has 0 saturated heterocycles. The van der Waals surface area contributed by atoms with E-state index in [0.29, 0.717) is 12.2 Å². The van der Waals surface area contributed by atoms with Gasteiger partial charge in [-0.3, -0.25) is 0 Å². The fraction of sp³-hybridized carbons (Fsp3) is 0.556. The van der Waals surface area contributed by atoms with Crippen molar-refractivity contribution >= 4 is 11.9 Å². The van der Waals surface area contributed by atoms with Gasteiger partial charge in [0, 0.05) is 11.1 Å². The predicted octanol–water partition coefficient (Wildman–Crippen LogP) is 4.04. The molecule has 0 amide bonds. The summed E-state index contributed by atoms with van der Waals surface area (Å²) in [5.74, 6) is 2.34. The van der Waals surface area contributed by atoms with E-state index < -0.39 is 0 Å². The third-order valence-electron chi connectivity index (χ3n) is 6.29. The van der Waals surface area contributed by atoms with E-state index in [1.807, 2.05) is 18.2 Å². The van der Waals surface area contributed by atoms with Crippen LogP contribution < -0.4 is 9.47 Å². The second kappa shape index (κ2) is 4.58. The Hall–Kier alpha value is -1.84. The maximum atomic E-state index is 5.38. The van der Waals surface area contributed by atoms with Gasteiger partial charge in [-0.15, -0.1) is 0 Å². The van der Waals surface area contributed by atoms with E-state index in [-0.39, 0.29) is 5.41 Å². The summed E-state index contributed by atoms with van der Waals surface area (Å²) in [5, 5.41) is 8.92. The van der Waals surface area contributed by atoms with Crippen LogP contribution >= 0.6 is 0 Å².